The monoisotopic (exact) mass is 160 g/mol. The first-order valence-electron chi connectivity index (χ1n) is 3.56. The molecule has 0 N–H and O–H groups in total. The van der Waals surface area contributed by atoms with Crippen molar-refractivity contribution in [1.82, 2.24) is 0 Å². The van der Waals surface area contributed by atoms with E-state index in [1.807, 2.05) is 30.3 Å². The van der Waals surface area contributed by atoms with Gasteiger partial charge in [0.05, 0.1) is 18.1 Å². The number of carboxylic acid groups (broad SMARTS) is 1. The molecule has 2 heteroatoms. The molecule has 0 heterocycles. The maximum absolute atomic E-state index is 9.97. The highest BCUT2D eigenvalue weighted by molar-refractivity contribution is 5.78. The number of hydrogen-bond acceptors (Lipinski definition) is 2. The molecule has 0 fully saturated rings. The number of carbonyl (C=O) groups excluding carboxylic acids is 1. The number of carbonyl (C=O) groups is 1. The highest BCUT2D eigenvalue weighted by atomic mass is 16.4. The smallest absolute Gasteiger partial charge is 0.156 e. The number of rotatable bonds is 3. The van der Waals surface area contributed by atoms with E-state index in [1.54, 1.807) is 6.08 Å². The van der Waals surface area contributed by atoms with Crippen LogP contribution < -0.4 is 5.11 Å². The molecule has 0 aromatic heterocycles. The fraction of sp³-hybridized carbons (Fsp3) is 0. The molecule has 0 aliphatic rings. The molecule has 1 aromatic carbocycles. The SMILES string of the molecule is O=C([O-])[CH+]/C=C/c1ccccc1. The largest absolute Gasteiger partial charge is 0.527 e. The van der Waals surface area contributed by atoms with Gasteiger partial charge in [0.15, 0.2) is 5.97 Å². The first kappa shape index (κ1) is 8.40. The molecule has 0 bridgehead atoms. The zero-order valence-electron chi connectivity index (χ0n) is 6.44. The first-order chi connectivity index (χ1) is 5.79. The Morgan fingerprint density at radius 1 is 1.33 bits per heavy atom. The summed E-state index contributed by atoms with van der Waals surface area (Å²) in [5.41, 5.74) is 0.968. The van der Waals surface area contributed by atoms with Crippen LogP contribution in [-0.4, -0.2) is 5.97 Å². The van der Waals surface area contributed by atoms with Gasteiger partial charge >= 0.3 is 0 Å². The topological polar surface area (TPSA) is 40.1 Å². The molecule has 0 aliphatic heterocycles. The Labute approximate surface area is 71.2 Å². The number of aliphatic carboxylic acids is 1. The van der Waals surface area contributed by atoms with Gasteiger partial charge in [0.1, 0.15) is 6.08 Å². The molecule has 0 spiro atoms. The van der Waals surface area contributed by atoms with Crippen molar-refractivity contribution in [2.24, 2.45) is 0 Å². The lowest BCUT2D eigenvalue weighted by Crippen LogP contribution is -2.21. The maximum atomic E-state index is 9.97. The van der Waals surface area contributed by atoms with Gasteiger partial charge in [0, 0.05) is 0 Å². The van der Waals surface area contributed by atoms with Gasteiger partial charge < -0.3 is 9.90 Å². The number of hydrogen-bond donors (Lipinski definition) is 0. The maximum Gasteiger partial charge on any atom is 0.156 e. The van der Waals surface area contributed by atoms with Crippen LogP contribution in [0.3, 0.4) is 0 Å². The predicted molar refractivity (Wildman–Crippen MR) is 44.8 cm³/mol. The van der Waals surface area contributed by atoms with Crippen molar-refractivity contribution < 1.29 is 9.90 Å². The Balaban J connectivity index is 2.52. The van der Waals surface area contributed by atoms with E-state index in [-0.39, 0.29) is 0 Å². The number of benzene rings is 1. The van der Waals surface area contributed by atoms with E-state index >= 15 is 0 Å². The third kappa shape index (κ3) is 2.92. The second-order valence-corrected chi connectivity index (χ2v) is 2.26. The van der Waals surface area contributed by atoms with Gasteiger partial charge in [-0.1, -0.05) is 18.2 Å². The summed E-state index contributed by atoms with van der Waals surface area (Å²) in [5.74, 6) is -1.18. The van der Waals surface area contributed by atoms with Crippen molar-refractivity contribution >= 4 is 12.0 Å². The fourth-order valence-corrected chi connectivity index (χ4v) is 0.802. The molecular formula is C10H8O2. The first-order valence-corrected chi connectivity index (χ1v) is 3.56. The average Bonchev–Trinajstić information content (AvgIpc) is 2.05. The van der Waals surface area contributed by atoms with Gasteiger partial charge in [-0.3, -0.25) is 0 Å². The highest BCUT2D eigenvalue weighted by Crippen LogP contribution is 2.00. The van der Waals surface area contributed by atoms with Gasteiger partial charge in [-0.2, -0.15) is 0 Å². The van der Waals surface area contributed by atoms with Gasteiger partial charge in [-0.25, -0.2) is 0 Å². The van der Waals surface area contributed by atoms with Crippen molar-refractivity contribution in [3.63, 3.8) is 0 Å². The minimum absolute atomic E-state index is 0.968. The molecule has 2 nitrogen and oxygen atoms in total. The molecule has 0 saturated heterocycles. The van der Waals surface area contributed by atoms with Crippen LogP contribution in [-0.2, 0) is 4.79 Å². The molecule has 0 atom stereocenters. The predicted octanol–water partition coefficient (Wildman–Crippen LogP) is 0.654. The van der Waals surface area contributed by atoms with E-state index in [9.17, 15) is 9.90 Å². The summed E-state index contributed by atoms with van der Waals surface area (Å²) in [6, 6.07) is 9.45. The minimum Gasteiger partial charge on any atom is -0.527 e. The van der Waals surface area contributed by atoms with Crippen molar-refractivity contribution in [2.75, 3.05) is 0 Å². The third-order valence-electron chi connectivity index (χ3n) is 1.32. The van der Waals surface area contributed by atoms with E-state index in [4.69, 9.17) is 0 Å². The Bertz CT molecular complexity index is 275. The second-order valence-electron chi connectivity index (χ2n) is 2.26. The van der Waals surface area contributed by atoms with Crippen LogP contribution in [0, 0.1) is 6.42 Å². The lowest BCUT2D eigenvalue weighted by atomic mass is 10.2. The summed E-state index contributed by atoms with van der Waals surface area (Å²) in [6.07, 6.45) is 4.15. The fourth-order valence-electron chi connectivity index (χ4n) is 0.802. The Kier molecular flexibility index (Phi) is 2.96. The molecule has 0 saturated carbocycles. The van der Waals surface area contributed by atoms with E-state index < -0.39 is 5.97 Å². The van der Waals surface area contributed by atoms with E-state index in [1.165, 1.54) is 6.08 Å². The highest BCUT2D eigenvalue weighted by Gasteiger charge is 1.90. The summed E-state index contributed by atoms with van der Waals surface area (Å²) in [6.45, 7) is 0. The Morgan fingerprint density at radius 3 is 2.58 bits per heavy atom. The third-order valence-corrected chi connectivity index (χ3v) is 1.32. The van der Waals surface area contributed by atoms with Crippen LogP contribution in [0.4, 0.5) is 0 Å². The van der Waals surface area contributed by atoms with Crippen LogP contribution in [0.5, 0.6) is 0 Å². The van der Waals surface area contributed by atoms with E-state index in [0.717, 1.165) is 12.0 Å². The number of carboxylic acids is 1. The van der Waals surface area contributed by atoms with Gasteiger partial charge in [-0.15, -0.1) is 0 Å². The lowest BCUT2D eigenvalue weighted by molar-refractivity contribution is -0.299. The van der Waals surface area contributed by atoms with Crippen molar-refractivity contribution in [3.8, 4) is 0 Å². The van der Waals surface area contributed by atoms with E-state index in [0.29, 0.717) is 0 Å². The van der Waals surface area contributed by atoms with Crippen LogP contribution in [0.1, 0.15) is 5.56 Å². The van der Waals surface area contributed by atoms with Crippen LogP contribution >= 0.6 is 0 Å². The molecule has 0 aliphatic carbocycles. The summed E-state index contributed by atoms with van der Waals surface area (Å²) in [5, 5.41) is 9.97. The molecule has 0 unspecified atom stereocenters. The van der Waals surface area contributed by atoms with Crippen molar-refractivity contribution in [1.29, 1.82) is 0 Å². The standard InChI is InChI=1S/C10H8O2/c11-10(12)8-4-7-9-5-2-1-3-6-9/h1-8H/b7-4+. The van der Waals surface area contributed by atoms with Crippen LogP contribution in [0.15, 0.2) is 36.4 Å². The molecule has 0 amide bonds. The minimum atomic E-state index is -1.18. The van der Waals surface area contributed by atoms with Gasteiger partial charge in [0.2, 0.25) is 0 Å². The Hall–Kier alpha value is -1.70. The second kappa shape index (κ2) is 4.23. The molecular weight excluding hydrogens is 152 g/mol. The molecule has 60 valence electrons. The lowest BCUT2D eigenvalue weighted by Gasteiger charge is -1.86. The van der Waals surface area contributed by atoms with Crippen LogP contribution in [0.2, 0.25) is 0 Å². The van der Waals surface area contributed by atoms with Gasteiger partial charge in [0.25, 0.3) is 0 Å². The molecule has 1 aromatic rings. The normalized spacial score (nSPS) is 10.0. The summed E-state index contributed by atoms with van der Waals surface area (Å²) in [4.78, 5) is 9.97. The Morgan fingerprint density at radius 2 is 2.00 bits per heavy atom. The summed E-state index contributed by atoms with van der Waals surface area (Å²) >= 11 is 0. The summed E-state index contributed by atoms with van der Waals surface area (Å²) in [7, 11) is 0. The average molecular weight is 160 g/mol. The zero-order valence-corrected chi connectivity index (χ0v) is 6.44. The summed E-state index contributed by atoms with van der Waals surface area (Å²) < 4.78 is 0. The van der Waals surface area contributed by atoms with Crippen molar-refractivity contribution in [2.45, 2.75) is 0 Å². The van der Waals surface area contributed by atoms with Crippen LogP contribution in [0.25, 0.3) is 6.08 Å². The van der Waals surface area contributed by atoms with E-state index in [2.05, 4.69) is 0 Å². The quantitative estimate of drug-likeness (QED) is 0.609. The molecule has 12 heavy (non-hydrogen) atoms. The zero-order chi connectivity index (χ0) is 8.81. The molecule has 1 rings (SSSR count). The van der Waals surface area contributed by atoms with Gasteiger partial charge in [-0.05, 0) is 12.1 Å². The van der Waals surface area contributed by atoms with Crippen molar-refractivity contribution in [3.05, 3.63) is 48.4 Å². The molecule has 0 radical (unpaired) electrons.